The summed E-state index contributed by atoms with van der Waals surface area (Å²) in [6.45, 7) is 15.9. The van der Waals surface area contributed by atoms with Gasteiger partial charge >= 0.3 is 11.9 Å². The Morgan fingerprint density at radius 2 is 1.05 bits per heavy atom. The first kappa shape index (κ1) is 55.2. The summed E-state index contributed by atoms with van der Waals surface area (Å²) in [7, 11) is 0. The van der Waals surface area contributed by atoms with Crippen molar-refractivity contribution in [1.82, 2.24) is 4.90 Å². The maximum Gasteiger partial charge on any atom is 0.305 e. The van der Waals surface area contributed by atoms with Gasteiger partial charge in [0.05, 0.1) is 25.0 Å². The second-order valence-electron chi connectivity index (χ2n) is 16.9. The summed E-state index contributed by atoms with van der Waals surface area (Å²) in [6, 6.07) is 0. The van der Waals surface area contributed by atoms with Gasteiger partial charge in [-0.3, -0.25) is 9.59 Å². The SMILES string of the molecule is CCCCC/C=C\C/C=C\CCCCCCCC(=O)OCC1(COC(=O)CCC(OCCCCCCCC)OCCCCCCCC)COC(CCN(CC)CC)OC1. The number of ether oxygens (including phenoxy) is 6. The topological polar surface area (TPSA) is 92.8 Å². The van der Waals surface area contributed by atoms with Gasteiger partial charge in [-0.2, -0.15) is 0 Å². The summed E-state index contributed by atoms with van der Waals surface area (Å²) in [5.74, 6) is -0.543. The maximum atomic E-state index is 13.2. The van der Waals surface area contributed by atoms with Crippen LogP contribution in [-0.2, 0) is 38.0 Å². The third-order valence-electron chi connectivity index (χ3n) is 11.3. The van der Waals surface area contributed by atoms with E-state index in [1.807, 2.05) is 0 Å². The summed E-state index contributed by atoms with van der Waals surface area (Å²) in [4.78, 5) is 28.4. The van der Waals surface area contributed by atoms with Crippen LogP contribution in [0, 0.1) is 5.41 Å². The lowest BCUT2D eigenvalue weighted by Crippen LogP contribution is -2.49. The molecule has 0 aromatic rings. The number of esters is 2. The Labute approximate surface area is 363 Å². The molecule has 1 fully saturated rings. The number of hydrogen-bond donors (Lipinski definition) is 0. The first-order valence-electron chi connectivity index (χ1n) is 24.7. The van der Waals surface area contributed by atoms with E-state index in [0.717, 1.165) is 83.8 Å². The van der Waals surface area contributed by atoms with E-state index >= 15 is 0 Å². The van der Waals surface area contributed by atoms with Crippen molar-refractivity contribution in [1.29, 1.82) is 0 Å². The van der Waals surface area contributed by atoms with Crippen LogP contribution in [0.3, 0.4) is 0 Å². The molecule has 0 aliphatic carbocycles. The molecule has 0 spiro atoms. The predicted molar refractivity (Wildman–Crippen MR) is 243 cm³/mol. The summed E-state index contributed by atoms with van der Waals surface area (Å²) in [5.41, 5.74) is -0.753. The molecular formula is C50H93NO8. The van der Waals surface area contributed by atoms with Crippen LogP contribution < -0.4 is 0 Å². The summed E-state index contributed by atoms with van der Waals surface area (Å²) in [5, 5.41) is 0. The standard InChI is InChI=1S/C50H93NO8/c1-6-11-14-17-20-21-22-23-24-25-26-27-28-29-32-35-46(52)56-42-50(44-58-49(59-45-50)38-39-51(9-4)10-5)43-57-47(53)36-37-48(54-40-33-30-18-15-12-7-2)55-41-34-31-19-16-13-8-3/h20-21,23-24,48-49H,6-19,22,25-45H2,1-5H3/b21-20-,24-23-. The number of rotatable bonds is 42. The van der Waals surface area contributed by atoms with Gasteiger partial charge in [0.1, 0.15) is 13.2 Å². The van der Waals surface area contributed by atoms with Gasteiger partial charge in [-0.15, -0.1) is 0 Å². The van der Waals surface area contributed by atoms with Gasteiger partial charge in [0.25, 0.3) is 0 Å². The molecule has 0 atom stereocenters. The van der Waals surface area contributed by atoms with E-state index in [1.165, 1.54) is 89.9 Å². The largest absolute Gasteiger partial charge is 0.465 e. The maximum absolute atomic E-state index is 13.2. The van der Waals surface area contributed by atoms with Crippen LogP contribution in [0.15, 0.2) is 24.3 Å². The zero-order valence-corrected chi connectivity index (χ0v) is 39.1. The molecule has 9 heteroatoms. The Kier molecular flexibility index (Phi) is 37.7. The van der Waals surface area contributed by atoms with Crippen molar-refractivity contribution in [2.45, 2.75) is 221 Å². The molecule has 0 N–H and O–H groups in total. The van der Waals surface area contributed by atoms with Gasteiger partial charge in [0, 0.05) is 39.0 Å². The second-order valence-corrected chi connectivity index (χ2v) is 16.9. The number of hydrogen-bond acceptors (Lipinski definition) is 9. The Morgan fingerprint density at radius 1 is 0.593 bits per heavy atom. The van der Waals surface area contributed by atoms with Crippen molar-refractivity contribution in [3.63, 3.8) is 0 Å². The molecule has 1 aliphatic heterocycles. The lowest BCUT2D eigenvalue weighted by Gasteiger charge is -2.39. The lowest BCUT2D eigenvalue weighted by atomic mass is 9.91. The molecule has 0 amide bonds. The zero-order valence-electron chi connectivity index (χ0n) is 39.1. The minimum absolute atomic E-state index is 0.0630. The van der Waals surface area contributed by atoms with E-state index in [-0.39, 0.29) is 37.9 Å². The summed E-state index contributed by atoms with van der Waals surface area (Å²) in [6.07, 6.45) is 37.0. The van der Waals surface area contributed by atoms with E-state index in [1.54, 1.807) is 0 Å². The molecule has 1 heterocycles. The van der Waals surface area contributed by atoms with E-state index in [0.29, 0.717) is 39.3 Å². The molecule has 0 aromatic carbocycles. The van der Waals surface area contributed by atoms with E-state index in [4.69, 9.17) is 28.4 Å². The summed E-state index contributed by atoms with van der Waals surface area (Å²) < 4.78 is 36.3. The Hall–Kier alpha value is -1.78. The fraction of sp³-hybridized carbons (Fsp3) is 0.880. The first-order valence-corrected chi connectivity index (χ1v) is 24.7. The number of carbonyl (C=O) groups excluding carboxylic acids is 2. The number of unbranched alkanes of at least 4 members (excludes halogenated alkanes) is 18. The third kappa shape index (κ3) is 32.6. The van der Waals surface area contributed by atoms with Crippen molar-refractivity contribution in [2.24, 2.45) is 5.41 Å². The molecule has 1 aliphatic rings. The van der Waals surface area contributed by atoms with Crippen molar-refractivity contribution >= 4 is 11.9 Å². The first-order chi connectivity index (χ1) is 28.9. The molecule has 0 unspecified atom stereocenters. The third-order valence-corrected chi connectivity index (χ3v) is 11.3. The van der Waals surface area contributed by atoms with Crippen LogP contribution in [-0.4, -0.2) is 88.7 Å². The highest BCUT2D eigenvalue weighted by molar-refractivity contribution is 5.70. The minimum atomic E-state index is -0.753. The average Bonchev–Trinajstić information content (AvgIpc) is 3.25. The van der Waals surface area contributed by atoms with Crippen LogP contribution in [0.5, 0.6) is 0 Å². The Morgan fingerprint density at radius 3 is 1.59 bits per heavy atom. The monoisotopic (exact) mass is 836 g/mol. The van der Waals surface area contributed by atoms with E-state index in [9.17, 15) is 9.59 Å². The number of nitrogens with zero attached hydrogens (tertiary/aromatic N) is 1. The van der Waals surface area contributed by atoms with Gasteiger partial charge in [-0.25, -0.2) is 0 Å². The van der Waals surface area contributed by atoms with Crippen LogP contribution in [0.2, 0.25) is 0 Å². The Bertz CT molecular complexity index is 989. The second kappa shape index (κ2) is 40.3. The molecule has 59 heavy (non-hydrogen) atoms. The molecule has 0 radical (unpaired) electrons. The van der Waals surface area contributed by atoms with E-state index < -0.39 is 11.7 Å². The average molecular weight is 836 g/mol. The quantitative estimate of drug-likeness (QED) is 0.0258. The smallest absolute Gasteiger partial charge is 0.305 e. The molecular weight excluding hydrogens is 743 g/mol. The molecule has 346 valence electrons. The molecule has 0 aromatic heterocycles. The van der Waals surface area contributed by atoms with Crippen LogP contribution in [0.1, 0.15) is 208 Å². The van der Waals surface area contributed by atoms with Crippen molar-refractivity contribution in [3.8, 4) is 0 Å². The van der Waals surface area contributed by atoms with Gasteiger partial charge in [-0.05, 0) is 64.5 Å². The van der Waals surface area contributed by atoms with E-state index in [2.05, 4.69) is 63.8 Å². The highest BCUT2D eigenvalue weighted by Crippen LogP contribution is 2.28. The van der Waals surface area contributed by atoms with Crippen LogP contribution >= 0.6 is 0 Å². The van der Waals surface area contributed by atoms with Crippen LogP contribution in [0.25, 0.3) is 0 Å². The normalized spacial score (nSPS) is 17.2. The molecule has 9 nitrogen and oxygen atoms in total. The fourth-order valence-electron chi connectivity index (χ4n) is 7.17. The van der Waals surface area contributed by atoms with Gasteiger partial charge in [-0.1, -0.05) is 155 Å². The fourth-order valence-corrected chi connectivity index (χ4v) is 7.17. The number of carbonyl (C=O) groups is 2. The molecule has 1 saturated heterocycles. The zero-order chi connectivity index (χ0) is 42.9. The van der Waals surface area contributed by atoms with Crippen molar-refractivity contribution < 1.29 is 38.0 Å². The molecule has 0 saturated carbocycles. The van der Waals surface area contributed by atoms with Crippen molar-refractivity contribution in [3.05, 3.63) is 24.3 Å². The van der Waals surface area contributed by atoms with Gasteiger partial charge < -0.3 is 33.3 Å². The lowest BCUT2D eigenvalue weighted by molar-refractivity contribution is -0.250. The minimum Gasteiger partial charge on any atom is -0.465 e. The van der Waals surface area contributed by atoms with Gasteiger partial charge in [0.15, 0.2) is 12.6 Å². The summed E-state index contributed by atoms with van der Waals surface area (Å²) >= 11 is 0. The highest BCUT2D eigenvalue weighted by atomic mass is 16.7. The highest BCUT2D eigenvalue weighted by Gasteiger charge is 2.40. The van der Waals surface area contributed by atoms with Crippen molar-refractivity contribution in [2.75, 3.05) is 59.3 Å². The van der Waals surface area contributed by atoms with Crippen LogP contribution in [0.4, 0.5) is 0 Å². The predicted octanol–water partition coefficient (Wildman–Crippen LogP) is 12.8. The Balaban J connectivity index is 2.58. The molecule has 1 rings (SSSR count). The molecule has 0 bridgehead atoms. The van der Waals surface area contributed by atoms with Gasteiger partial charge in [0.2, 0.25) is 0 Å². The number of allylic oxidation sites excluding steroid dienone is 4.